The number of hydrogen-bond acceptors (Lipinski definition) is 4. The lowest BCUT2D eigenvalue weighted by Crippen LogP contribution is -2.46. The van der Waals surface area contributed by atoms with E-state index in [2.05, 4.69) is 16.7 Å². The number of carbonyl (C=O) groups is 1. The third kappa shape index (κ3) is 4.69. The first kappa shape index (κ1) is 18.2. The van der Waals surface area contributed by atoms with Crippen LogP contribution in [0.25, 0.3) is 0 Å². The number of methoxy groups -OCH3 is 1. The number of nitrogens with zero attached hydrogens (tertiary/aromatic N) is 1. The lowest BCUT2D eigenvalue weighted by atomic mass is 9.92. The van der Waals surface area contributed by atoms with Gasteiger partial charge >= 0.3 is 12.1 Å². The van der Waals surface area contributed by atoms with E-state index in [0.29, 0.717) is 5.56 Å². The first-order chi connectivity index (χ1) is 11.2. The highest BCUT2D eigenvalue weighted by Crippen LogP contribution is 2.27. The van der Waals surface area contributed by atoms with Gasteiger partial charge in [-0.15, -0.1) is 5.06 Å². The number of ether oxygens (including phenoxy) is 1. The van der Waals surface area contributed by atoms with Crippen LogP contribution in [-0.2, 0) is 14.4 Å². The van der Waals surface area contributed by atoms with E-state index >= 15 is 0 Å². The Labute approximate surface area is 136 Å². The van der Waals surface area contributed by atoms with E-state index in [4.69, 9.17) is 4.74 Å². The van der Waals surface area contributed by atoms with Gasteiger partial charge in [0.2, 0.25) is 0 Å². The van der Waals surface area contributed by atoms with Crippen LogP contribution in [0.4, 0.5) is 17.6 Å². The maximum Gasteiger partial charge on any atom is 0.492 e. The molecule has 1 heterocycles. The standard InChI is InChI=1S/C16H15F4NO3/c1-23-15(6-5-12-3-2-4-13(17)11-12)7-9-21(10-8-15)24-14(22)16(18,19)20/h2-4,11H,7-10H2,1H3. The molecule has 0 aromatic heterocycles. The summed E-state index contributed by atoms with van der Waals surface area (Å²) < 4.78 is 55.1. The van der Waals surface area contributed by atoms with Gasteiger partial charge in [-0.05, 0) is 18.2 Å². The molecule has 0 unspecified atom stereocenters. The summed E-state index contributed by atoms with van der Waals surface area (Å²) in [4.78, 5) is 15.1. The van der Waals surface area contributed by atoms with Gasteiger partial charge in [0.05, 0.1) is 0 Å². The summed E-state index contributed by atoms with van der Waals surface area (Å²) in [5, 5.41) is 0.941. The molecule has 0 atom stereocenters. The lowest BCUT2D eigenvalue weighted by molar-refractivity contribution is -0.245. The number of benzene rings is 1. The molecular weight excluding hydrogens is 330 g/mol. The molecule has 0 radical (unpaired) electrons. The molecule has 1 saturated heterocycles. The number of carbonyl (C=O) groups excluding carboxylic acids is 1. The van der Waals surface area contributed by atoms with Gasteiger partial charge in [-0.1, -0.05) is 17.9 Å². The van der Waals surface area contributed by atoms with Crippen LogP contribution >= 0.6 is 0 Å². The van der Waals surface area contributed by atoms with Gasteiger partial charge in [0.25, 0.3) is 0 Å². The molecule has 4 nitrogen and oxygen atoms in total. The molecule has 0 bridgehead atoms. The van der Waals surface area contributed by atoms with Crippen LogP contribution in [0.5, 0.6) is 0 Å². The maximum atomic E-state index is 13.1. The average Bonchev–Trinajstić information content (AvgIpc) is 2.54. The predicted octanol–water partition coefficient (Wildman–Crippen LogP) is 2.68. The number of alkyl halides is 3. The monoisotopic (exact) mass is 345 g/mol. The van der Waals surface area contributed by atoms with E-state index in [9.17, 15) is 22.4 Å². The minimum absolute atomic E-state index is 0.0491. The zero-order valence-corrected chi connectivity index (χ0v) is 12.8. The van der Waals surface area contributed by atoms with Crippen LogP contribution in [0.15, 0.2) is 24.3 Å². The molecule has 1 aromatic rings. The van der Waals surface area contributed by atoms with Crippen LogP contribution in [0.2, 0.25) is 0 Å². The number of halogens is 4. The molecule has 0 amide bonds. The Morgan fingerprint density at radius 3 is 2.50 bits per heavy atom. The van der Waals surface area contributed by atoms with Crippen molar-refractivity contribution in [2.45, 2.75) is 24.6 Å². The van der Waals surface area contributed by atoms with Gasteiger partial charge in [0.15, 0.2) is 0 Å². The molecule has 130 valence electrons. The molecular formula is C16H15F4NO3. The Morgan fingerprint density at radius 1 is 1.29 bits per heavy atom. The topological polar surface area (TPSA) is 38.8 Å². The first-order valence-corrected chi connectivity index (χ1v) is 7.12. The van der Waals surface area contributed by atoms with Crippen LogP contribution in [0.1, 0.15) is 18.4 Å². The van der Waals surface area contributed by atoms with E-state index in [1.54, 1.807) is 6.07 Å². The predicted molar refractivity (Wildman–Crippen MR) is 76.0 cm³/mol. The zero-order valence-electron chi connectivity index (χ0n) is 12.8. The average molecular weight is 345 g/mol. The molecule has 1 aliphatic rings. The fourth-order valence-electron chi connectivity index (χ4n) is 2.24. The van der Waals surface area contributed by atoms with Crippen LogP contribution in [-0.4, -0.2) is 43.0 Å². The second kappa shape index (κ2) is 7.20. The van der Waals surface area contributed by atoms with E-state index in [0.717, 1.165) is 5.06 Å². The Morgan fingerprint density at radius 2 is 1.96 bits per heavy atom. The molecule has 2 rings (SSSR count). The molecule has 0 saturated carbocycles. The molecule has 0 N–H and O–H groups in total. The summed E-state index contributed by atoms with van der Waals surface area (Å²) in [7, 11) is 1.44. The second-order valence-electron chi connectivity index (χ2n) is 5.26. The molecule has 8 heteroatoms. The molecule has 1 aliphatic heterocycles. The minimum Gasteiger partial charge on any atom is -0.365 e. The van der Waals surface area contributed by atoms with Crippen LogP contribution in [0, 0.1) is 17.7 Å². The third-order valence-corrected chi connectivity index (χ3v) is 3.62. The Kier molecular flexibility index (Phi) is 5.47. The van der Waals surface area contributed by atoms with E-state index in [1.807, 2.05) is 0 Å². The third-order valence-electron chi connectivity index (χ3n) is 3.62. The summed E-state index contributed by atoms with van der Waals surface area (Å²) in [6.45, 7) is 0.0982. The summed E-state index contributed by atoms with van der Waals surface area (Å²) in [5.74, 6) is 3.04. The SMILES string of the molecule is COC1(C#Cc2cccc(F)c2)CCN(OC(=O)C(F)(F)F)CC1. The number of piperidine rings is 1. The smallest absolute Gasteiger partial charge is 0.365 e. The fraction of sp³-hybridized carbons (Fsp3) is 0.438. The highest BCUT2D eigenvalue weighted by Gasteiger charge is 2.44. The molecule has 1 aromatic carbocycles. The molecule has 0 aliphatic carbocycles. The van der Waals surface area contributed by atoms with Crippen LogP contribution in [0.3, 0.4) is 0 Å². The molecule has 0 spiro atoms. The lowest BCUT2D eigenvalue weighted by Gasteiger charge is -2.36. The van der Waals surface area contributed by atoms with E-state index in [1.165, 1.54) is 25.3 Å². The highest BCUT2D eigenvalue weighted by molar-refractivity contribution is 5.75. The summed E-state index contributed by atoms with van der Waals surface area (Å²) in [5.41, 5.74) is -0.412. The molecule has 1 fully saturated rings. The normalized spacial score (nSPS) is 17.7. The van der Waals surface area contributed by atoms with E-state index < -0.39 is 23.6 Å². The Hall–Kier alpha value is -2.11. The van der Waals surface area contributed by atoms with Crippen molar-refractivity contribution in [1.82, 2.24) is 5.06 Å². The van der Waals surface area contributed by atoms with Crippen molar-refractivity contribution >= 4 is 5.97 Å². The van der Waals surface area contributed by atoms with Crippen LogP contribution < -0.4 is 0 Å². The summed E-state index contributed by atoms with van der Waals surface area (Å²) in [6, 6.07) is 5.74. The summed E-state index contributed by atoms with van der Waals surface area (Å²) in [6.07, 6.45) is -4.54. The molecule has 24 heavy (non-hydrogen) atoms. The van der Waals surface area contributed by atoms with Crippen molar-refractivity contribution < 1.29 is 31.9 Å². The van der Waals surface area contributed by atoms with Gasteiger partial charge in [-0.2, -0.15) is 13.2 Å². The highest BCUT2D eigenvalue weighted by atomic mass is 19.4. The van der Waals surface area contributed by atoms with Crippen molar-refractivity contribution in [3.63, 3.8) is 0 Å². The zero-order chi connectivity index (χ0) is 17.8. The second-order valence-corrected chi connectivity index (χ2v) is 5.26. The van der Waals surface area contributed by atoms with E-state index in [-0.39, 0.29) is 25.9 Å². The van der Waals surface area contributed by atoms with Gasteiger partial charge in [0.1, 0.15) is 11.4 Å². The van der Waals surface area contributed by atoms with Gasteiger partial charge in [-0.3, -0.25) is 0 Å². The number of hydroxylamine groups is 2. The van der Waals surface area contributed by atoms with Crippen molar-refractivity contribution in [3.8, 4) is 11.8 Å². The van der Waals surface area contributed by atoms with Gasteiger partial charge < -0.3 is 9.57 Å². The van der Waals surface area contributed by atoms with Gasteiger partial charge in [-0.25, -0.2) is 9.18 Å². The quantitative estimate of drug-likeness (QED) is 0.610. The van der Waals surface area contributed by atoms with Crippen molar-refractivity contribution in [2.75, 3.05) is 20.2 Å². The Bertz CT molecular complexity index is 655. The number of rotatable bonds is 2. The first-order valence-electron chi connectivity index (χ1n) is 7.12. The van der Waals surface area contributed by atoms with Crippen molar-refractivity contribution in [3.05, 3.63) is 35.6 Å². The summed E-state index contributed by atoms with van der Waals surface area (Å²) >= 11 is 0. The Balaban J connectivity index is 2.01. The van der Waals surface area contributed by atoms with Crippen molar-refractivity contribution in [2.24, 2.45) is 0 Å². The van der Waals surface area contributed by atoms with Gasteiger partial charge in [0, 0.05) is 38.6 Å². The number of hydrogen-bond donors (Lipinski definition) is 0. The van der Waals surface area contributed by atoms with Crippen molar-refractivity contribution in [1.29, 1.82) is 0 Å². The largest absolute Gasteiger partial charge is 0.492 e. The minimum atomic E-state index is -5.03. The maximum absolute atomic E-state index is 13.1. The fourth-order valence-corrected chi connectivity index (χ4v) is 2.24.